The zero-order chi connectivity index (χ0) is 15.6. The lowest BCUT2D eigenvalue weighted by atomic mass is 10.1. The lowest BCUT2D eigenvalue weighted by Crippen LogP contribution is -2.33. The molecule has 2 unspecified atom stereocenters. The Morgan fingerprint density at radius 1 is 1.43 bits per heavy atom. The first kappa shape index (κ1) is 15.7. The largest absolute Gasteiger partial charge is 0.397 e. The van der Waals surface area contributed by atoms with Crippen molar-refractivity contribution in [2.75, 3.05) is 22.6 Å². The second-order valence-corrected chi connectivity index (χ2v) is 5.60. The third kappa shape index (κ3) is 2.73. The molecule has 0 radical (unpaired) electrons. The first-order valence-corrected chi connectivity index (χ1v) is 7.85. The first-order valence-electron chi connectivity index (χ1n) is 7.47. The molecule has 0 bridgehead atoms. The summed E-state index contributed by atoms with van der Waals surface area (Å²) in [5.41, 5.74) is 8.45. The van der Waals surface area contributed by atoms with Crippen LogP contribution in [-0.2, 0) is 0 Å². The van der Waals surface area contributed by atoms with Crippen LogP contribution < -0.4 is 16.0 Å². The minimum Gasteiger partial charge on any atom is -0.397 e. The van der Waals surface area contributed by atoms with Crippen molar-refractivity contribution >= 4 is 28.8 Å². The summed E-state index contributed by atoms with van der Waals surface area (Å²) in [4.78, 5) is 6.65. The predicted octanol–water partition coefficient (Wildman–Crippen LogP) is 3.53. The molecule has 6 heteroatoms. The van der Waals surface area contributed by atoms with Crippen LogP contribution in [0, 0.1) is 24.2 Å². The molecule has 2 aliphatic rings. The fourth-order valence-electron chi connectivity index (χ4n) is 2.93. The summed E-state index contributed by atoms with van der Waals surface area (Å²) in [5, 5.41) is 12.8. The van der Waals surface area contributed by atoms with Crippen molar-refractivity contribution in [1.82, 2.24) is 4.98 Å². The average molecular weight is 308 g/mol. The Bertz CT molecular complexity index is 566. The summed E-state index contributed by atoms with van der Waals surface area (Å²) in [7, 11) is 0. The van der Waals surface area contributed by atoms with Gasteiger partial charge in [-0.3, -0.25) is 0 Å². The normalized spacial score (nSPS) is 22.9. The second kappa shape index (κ2) is 6.40. The molecule has 1 aliphatic heterocycles. The van der Waals surface area contributed by atoms with Gasteiger partial charge in [-0.15, -0.1) is 0 Å². The molecule has 0 saturated heterocycles. The number of nitrogens with two attached hydrogens (primary N) is 1. The number of fused-ring (bicyclic) bond motifs is 1. The summed E-state index contributed by atoms with van der Waals surface area (Å²) in [6.07, 6.45) is 2.87. The minimum absolute atomic E-state index is 0.160. The molecule has 1 saturated carbocycles. The van der Waals surface area contributed by atoms with Crippen molar-refractivity contribution in [3.05, 3.63) is 10.7 Å². The predicted molar refractivity (Wildman–Crippen MR) is 87.5 cm³/mol. The molecular weight excluding hydrogens is 286 g/mol. The average Bonchev–Trinajstić information content (AvgIpc) is 3.13. The molecule has 0 amide bonds. The van der Waals surface area contributed by atoms with E-state index in [1.54, 1.807) is 0 Å². The molecule has 114 valence electrons. The zero-order valence-corrected chi connectivity index (χ0v) is 13.5. The van der Waals surface area contributed by atoms with Crippen LogP contribution in [0.25, 0.3) is 0 Å². The van der Waals surface area contributed by atoms with Crippen molar-refractivity contribution in [3.8, 4) is 6.07 Å². The summed E-state index contributed by atoms with van der Waals surface area (Å²) < 4.78 is 0. The number of halogens is 1. The number of hydrogen-bond donors (Lipinski definition) is 2. The molecule has 21 heavy (non-hydrogen) atoms. The van der Waals surface area contributed by atoms with Gasteiger partial charge in [0.15, 0.2) is 5.82 Å². The van der Waals surface area contributed by atoms with Crippen LogP contribution >= 0.6 is 11.6 Å². The highest BCUT2D eigenvalue weighted by Crippen LogP contribution is 2.42. The Labute approximate surface area is 131 Å². The lowest BCUT2D eigenvalue weighted by Gasteiger charge is -2.24. The number of nitrogens with one attached hydrogen (secondary N) is 1. The van der Waals surface area contributed by atoms with E-state index in [0.29, 0.717) is 23.6 Å². The van der Waals surface area contributed by atoms with Gasteiger partial charge < -0.3 is 16.0 Å². The van der Waals surface area contributed by atoms with E-state index in [9.17, 15) is 0 Å². The highest BCUT2D eigenvalue weighted by molar-refractivity contribution is 6.31. The van der Waals surface area contributed by atoms with E-state index in [4.69, 9.17) is 22.6 Å². The number of hydrogen-bond acceptors (Lipinski definition) is 5. The van der Waals surface area contributed by atoms with Gasteiger partial charge in [0.05, 0.1) is 18.4 Å². The maximum atomic E-state index is 9.01. The van der Waals surface area contributed by atoms with Gasteiger partial charge >= 0.3 is 0 Å². The number of rotatable bonds is 1. The van der Waals surface area contributed by atoms with Gasteiger partial charge in [-0.1, -0.05) is 25.4 Å². The van der Waals surface area contributed by atoms with Gasteiger partial charge in [-0.05, 0) is 26.2 Å². The number of anilines is 3. The molecule has 0 spiro atoms. The van der Waals surface area contributed by atoms with E-state index < -0.39 is 0 Å². The van der Waals surface area contributed by atoms with Crippen LogP contribution in [0.5, 0.6) is 0 Å². The van der Waals surface area contributed by atoms with E-state index in [0.717, 1.165) is 36.3 Å². The van der Waals surface area contributed by atoms with Crippen LogP contribution in [0.2, 0.25) is 5.15 Å². The topological polar surface area (TPSA) is 78.0 Å². The van der Waals surface area contributed by atoms with Gasteiger partial charge in [0.1, 0.15) is 10.8 Å². The third-order valence-corrected chi connectivity index (χ3v) is 4.50. The Morgan fingerprint density at radius 2 is 2.14 bits per heavy atom. The van der Waals surface area contributed by atoms with E-state index in [-0.39, 0.29) is 5.92 Å². The standard InChI is InChI=1S/C13H16ClN5.C2H6/c1-7-10(16)11-13(18-12(7)14)19(6-17-11)9-3-2-8(4-9)5-15;1-2/h8-9,17H,2-4,6H2,1H3,(H2,16,18);1-2H3. The highest BCUT2D eigenvalue weighted by atomic mass is 35.5. The summed E-state index contributed by atoms with van der Waals surface area (Å²) in [6, 6.07) is 2.71. The van der Waals surface area contributed by atoms with E-state index in [1.165, 1.54) is 0 Å². The highest BCUT2D eigenvalue weighted by Gasteiger charge is 2.35. The quantitative estimate of drug-likeness (QED) is 0.776. The van der Waals surface area contributed by atoms with Gasteiger partial charge in [0.2, 0.25) is 0 Å². The van der Waals surface area contributed by atoms with Crippen molar-refractivity contribution in [2.24, 2.45) is 5.92 Å². The van der Waals surface area contributed by atoms with Crippen LogP contribution in [0.4, 0.5) is 17.2 Å². The Balaban J connectivity index is 0.000000774. The van der Waals surface area contributed by atoms with E-state index in [1.807, 2.05) is 20.8 Å². The molecule has 1 aromatic heterocycles. The molecule has 0 aromatic carbocycles. The monoisotopic (exact) mass is 307 g/mol. The fraction of sp³-hybridized carbons (Fsp3) is 0.600. The van der Waals surface area contributed by atoms with Crippen LogP contribution in [-0.4, -0.2) is 17.7 Å². The van der Waals surface area contributed by atoms with Crippen LogP contribution in [0.1, 0.15) is 38.7 Å². The number of nitrogen functional groups attached to an aromatic ring is 1. The van der Waals surface area contributed by atoms with Gasteiger partial charge in [0.25, 0.3) is 0 Å². The summed E-state index contributed by atoms with van der Waals surface area (Å²) >= 11 is 6.13. The second-order valence-electron chi connectivity index (χ2n) is 5.24. The molecule has 3 N–H and O–H groups in total. The van der Waals surface area contributed by atoms with E-state index >= 15 is 0 Å². The summed E-state index contributed by atoms with van der Waals surface area (Å²) in [6.45, 7) is 6.56. The van der Waals surface area contributed by atoms with Crippen molar-refractivity contribution in [3.63, 3.8) is 0 Å². The Morgan fingerprint density at radius 3 is 2.76 bits per heavy atom. The van der Waals surface area contributed by atoms with Gasteiger partial charge in [-0.2, -0.15) is 5.26 Å². The molecule has 1 fully saturated rings. The third-order valence-electron chi connectivity index (χ3n) is 4.14. The van der Waals surface area contributed by atoms with Crippen molar-refractivity contribution in [2.45, 2.75) is 46.1 Å². The van der Waals surface area contributed by atoms with Gasteiger partial charge in [-0.25, -0.2) is 4.98 Å². The Kier molecular flexibility index (Phi) is 4.79. The first-order chi connectivity index (χ1) is 10.1. The number of nitriles is 1. The summed E-state index contributed by atoms with van der Waals surface area (Å²) in [5.74, 6) is 0.990. The van der Waals surface area contributed by atoms with Crippen molar-refractivity contribution < 1.29 is 0 Å². The maximum absolute atomic E-state index is 9.01. The number of aromatic nitrogens is 1. The smallest absolute Gasteiger partial charge is 0.157 e. The van der Waals surface area contributed by atoms with Crippen LogP contribution in [0.15, 0.2) is 0 Å². The van der Waals surface area contributed by atoms with Gasteiger partial charge in [0, 0.05) is 17.5 Å². The van der Waals surface area contributed by atoms with E-state index in [2.05, 4.69) is 21.3 Å². The molecule has 2 atom stereocenters. The fourth-order valence-corrected chi connectivity index (χ4v) is 3.11. The number of nitrogens with zero attached hydrogens (tertiary/aromatic N) is 3. The molecular formula is C15H22ClN5. The number of pyridine rings is 1. The Hall–Kier alpha value is -1.67. The lowest BCUT2D eigenvalue weighted by molar-refractivity contribution is 0.610. The molecule has 3 rings (SSSR count). The molecule has 1 aliphatic carbocycles. The SMILES string of the molecule is CC.Cc1c(Cl)nc2c(c1N)NCN2C1CCC(C#N)C1. The van der Waals surface area contributed by atoms with Crippen molar-refractivity contribution in [1.29, 1.82) is 5.26 Å². The molecule has 1 aromatic rings. The molecule has 5 nitrogen and oxygen atoms in total. The molecule has 2 heterocycles. The maximum Gasteiger partial charge on any atom is 0.157 e. The zero-order valence-electron chi connectivity index (χ0n) is 12.8. The van der Waals surface area contributed by atoms with Crippen LogP contribution in [0.3, 0.4) is 0 Å². The minimum atomic E-state index is 0.160.